The van der Waals surface area contributed by atoms with Gasteiger partial charge in [0.05, 0.1) is 5.56 Å². The Hall–Kier alpha value is -1.77. The molecule has 2 aromatic rings. The molecule has 0 aliphatic carbocycles. The predicted molar refractivity (Wildman–Crippen MR) is 58.4 cm³/mol. The number of fused-ring (bicyclic) bond motifs is 1. The van der Waals surface area contributed by atoms with Crippen molar-refractivity contribution in [3.8, 4) is 0 Å². The molecule has 0 unspecified atom stereocenters. The number of pyridine rings is 1. The van der Waals surface area contributed by atoms with Crippen LogP contribution < -0.4 is 0 Å². The molecular weight excluding hydrogens is 190 g/mol. The number of rotatable bonds is 3. The molecule has 15 heavy (non-hydrogen) atoms. The summed E-state index contributed by atoms with van der Waals surface area (Å²) in [5, 5.41) is 8.89. The van der Waals surface area contributed by atoms with Gasteiger partial charge in [-0.25, -0.2) is 4.79 Å². The minimum Gasteiger partial charge on any atom is -0.478 e. The molecular formula is C12H13NO2. The highest BCUT2D eigenvalue weighted by Crippen LogP contribution is 2.13. The van der Waals surface area contributed by atoms with Crippen molar-refractivity contribution in [2.75, 3.05) is 0 Å². The number of hydrogen-bond donors (Lipinski definition) is 1. The summed E-state index contributed by atoms with van der Waals surface area (Å²) in [6, 6.07) is 7.52. The zero-order valence-electron chi connectivity index (χ0n) is 8.60. The van der Waals surface area contributed by atoms with Gasteiger partial charge in [-0.1, -0.05) is 13.3 Å². The van der Waals surface area contributed by atoms with Crippen molar-refractivity contribution >= 4 is 11.5 Å². The topological polar surface area (TPSA) is 41.7 Å². The largest absolute Gasteiger partial charge is 0.478 e. The Labute approximate surface area is 88.0 Å². The van der Waals surface area contributed by atoms with E-state index in [4.69, 9.17) is 5.11 Å². The van der Waals surface area contributed by atoms with Gasteiger partial charge in [0.15, 0.2) is 0 Å². The lowest BCUT2D eigenvalue weighted by Gasteiger charge is -2.02. The zero-order chi connectivity index (χ0) is 10.8. The molecule has 2 rings (SSSR count). The maximum atomic E-state index is 10.8. The maximum absolute atomic E-state index is 10.8. The molecule has 0 aliphatic rings. The van der Waals surface area contributed by atoms with Crippen LogP contribution in [0.5, 0.6) is 0 Å². The van der Waals surface area contributed by atoms with Crippen molar-refractivity contribution < 1.29 is 9.90 Å². The van der Waals surface area contributed by atoms with Crippen molar-refractivity contribution in [3.63, 3.8) is 0 Å². The van der Waals surface area contributed by atoms with E-state index in [0.29, 0.717) is 5.56 Å². The SMILES string of the molecule is CCCc1ccc2ccc(C(=O)O)cn12. The molecule has 0 fully saturated rings. The lowest BCUT2D eigenvalue weighted by Crippen LogP contribution is -2.00. The van der Waals surface area contributed by atoms with Gasteiger partial charge in [-0.05, 0) is 30.7 Å². The lowest BCUT2D eigenvalue weighted by atomic mass is 10.2. The molecule has 0 saturated heterocycles. The second kappa shape index (κ2) is 3.77. The minimum absolute atomic E-state index is 0.330. The van der Waals surface area contributed by atoms with E-state index in [-0.39, 0.29) is 0 Å². The van der Waals surface area contributed by atoms with Gasteiger partial charge < -0.3 is 9.51 Å². The summed E-state index contributed by atoms with van der Waals surface area (Å²) < 4.78 is 1.95. The first kappa shape index (κ1) is 9.77. The average molecular weight is 203 g/mol. The fourth-order valence-corrected chi connectivity index (χ4v) is 1.75. The third-order valence-electron chi connectivity index (χ3n) is 2.49. The molecule has 0 bridgehead atoms. The summed E-state index contributed by atoms with van der Waals surface area (Å²) in [7, 11) is 0. The molecule has 0 amide bonds. The smallest absolute Gasteiger partial charge is 0.337 e. The van der Waals surface area contributed by atoms with Crippen LogP contribution in [-0.4, -0.2) is 15.5 Å². The number of aromatic nitrogens is 1. The zero-order valence-corrected chi connectivity index (χ0v) is 8.60. The molecule has 3 heteroatoms. The van der Waals surface area contributed by atoms with E-state index < -0.39 is 5.97 Å². The number of aromatic carboxylic acids is 1. The van der Waals surface area contributed by atoms with E-state index in [9.17, 15) is 4.79 Å². The van der Waals surface area contributed by atoms with Gasteiger partial charge in [0.2, 0.25) is 0 Å². The summed E-state index contributed by atoms with van der Waals surface area (Å²) in [6.07, 6.45) is 3.71. The Morgan fingerprint density at radius 2 is 2.07 bits per heavy atom. The van der Waals surface area contributed by atoms with Gasteiger partial charge in [-0.3, -0.25) is 0 Å². The Bertz CT molecular complexity index is 499. The number of nitrogens with zero attached hydrogens (tertiary/aromatic N) is 1. The van der Waals surface area contributed by atoms with E-state index in [2.05, 4.69) is 6.92 Å². The number of carboxylic acid groups (broad SMARTS) is 1. The first-order valence-electron chi connectivity index (χ1n) is 5.05. The van der Waals surface area contributed by atoms with Crippen LogP contribution in [0.15, 0.2) is 30.5 Å². The summed E-state index contributed by atoms with van der Waals surface area (Å²) in [5.74, 6) is -0.881. The van der Waals surface area contributed by atoms with Crippen LogP contribution in [-0.2, 0) is 6.42 Å². The molecule has 0 radical (unpaired) electrons. The van der Waals surface area contributed by atoms with E-state index in [1.807, 2.05) is 22.6 Å². The maximum Gasteiger partial charge on any atom is 0.337 e. The van der Waals surface area contributed by atoms with Crippen molar-refractivity contribution in [1.82, 2.24) is 4.40 Å². The summed E-state index contributed by atoms with van der Waals surface area (Å²) in [4.78, 5) is 10.8. The van der Waals surface area contributed by atoms with E-state index >= 15 is 0 Å². The van der Waals surface area contributed by atoms with E-state index in [1.54, 1.807) is 12.3 Å². The Morgan fingerprint density at radius 3 is 2.73 bits per heavy atom. The van der Waals surface area contributed by atoms with Crippen molar-refractivity contribution in [3.05, 3.63) is 41.7 Å². The predicted octanol–water partition coefficient (Wildman–Crippen LogP) is 2.59. The molecule has 0 aromatic carbocycles. The summed E-state index contributed by atoms with van der Waals surface area (Å²) in [5.41, 5.74) is 2.54. The fraction of sp³-hybridized carbons (Fsp3) is 0.250. The third-order valence-corrected chi connectivity index (χ3v) is 2.49. The standard InChI is InChI=1S/C12H13NO2/c1-2-3-10-6-7-11-5-4-9(12(14)15)8-13(10)11/h4-8H,2-3H2,1H3,(H,14,15). The minimum atomic E-state index is -0.881. The van der Waals surface area contributed by atoms with Gasteiger partial charge in [0.1, 0.15) is 0 Å². The number of hydrogen-bond acceptors (Lipinski definition) is 1. The fourth-order valence-electron chi connectivity index (χ4n) is 1.75. The first-order valence-corrected chi connectivity index (χ1v) is 5.05. The first-order chi connectivity index (χ1) is 7.22. The van der Waals surface area contributed by atoms with Crippen LogP contribution in [0.1, 0.15) is 29.4 Å². The average Bonchev–Trinajstić information content (AvgIpc) is 2.61. The Morgan fingerprint density at radius 1 is 1.33 bits per heavy atom. The molecule has 1 N–H and O–H groups in total. The van der Waals surface area contributed by atoms with Crippen molar-refractivity contribution in [1.29, 1.82) is 0 Å². The number of aryl methyl sites for hydroxylation is 1. The molecule has 0 saturated carbocycles. The van der Waals surface area contributed by atoms with Gasteiger partial charge >= 0.3 is 5.97 Å². The molecule has 2 aromatic heterocycles. The van der Waals surface area contributed by atoms with Gasteiger partial charge in [0, 0.05) is 17.4 Å². The summed E-state index contributed by atoms with van der Waals surface area (Å²) >= 11 is 0. The molecule has 78 valence electrons. The molecule has 0 spiro atoms. The highest BCUT2D eigenvalue weighted by Gasteiger charge is 2.05. The number of carboxylic acids is 1. The molecule has 2 heterocycles. The van der Waals surface area contributed by atoms with Crippen LogP contribution in [0.2, 0.25) is 0 Å². The lowest BCUT2D eigenvalue weighted by molar-refractivity contribution is 0.0696. The highest BCUT2D eigenvalue weighted by atomic mass is 16.4. The van der Waals surface area contributed by atoms with Crippen LogP contribution >= 0.6 is 0 Å². The van der Waals surface area contributed by atoms with Crippen LogP contribution in [0.3, 0.4) is 0 Å². The van der Waals surface area contributed by atoms with E-state index in [0.717, 1.165) is 24.1 Å². The monoisotopic (exact) mass is 203 g/mol. The Balaban J connectivity index is 2.56. The van der Waals surface area contributed by atoms with Crippen LogP contribution in [0.25, 0.3) is 5.52 Å². The molecule has 3 nitrogen and oxygen atoms in total. The number of carbonyl (C=O) groups is 1. The third kappa shape index (κ3) is 1.73. The second-order valence-corrected chi connectivity index (χ2v) is 3.59. The van der Waals surface area contributed by atoms with Crippen LogP contribution in [0.4, 0.5) is 0 Å². The van der Waals surface area contributed by atoms with Gasteiger partial charge in [-0.2, -0.15) is 0 Å². The van der Waals surface area contributed by atoms with Gasteiger partial charge in [-0.15, -0.1) is 0 Å². The second-order valence-electron chi connectivity index (χ2n) is 3.59. The molecule has 0 atom stereocenters. The highest BCUT2D eigenvalue weighted by molar-refractivity contribution is 5.87. The quantitative estimate of drug-likeness (QED) is 0.833. The Kier molecular flexibility index (Phi) is 2.46. The normalized spacial score (nSPS) is 10.7. The molecule has 0 aliphatic heterocycles. The van der Waals surface area contributed by atoms with Crippen molar-refractivity contribution in [2.45, 2.75) is 19.8 Å². The van der Waals surface area contributed by atoms with E-state index in [1.165, 1.54) is 0 Å². The summed E-state index contributed by atoms with van der Waals surface area (Å²) in [6.45, 7) is 2.11. The van der Waals surface area contributed by atoms with Crippen LogP contribution in [0, 0.1) is 0 Å². The van der Waals surface area contributed by atoms with Gasteiger partial charge in [0.25, 0.3) is 0 Å². The van der Waals surface area contributed by atoms with Crippen molar-refractivity contribution in [2.24, 2.45) is 0 Å².